The number of carboxylic acids is 1. The van der Waals surface area contributed by atoms with E-state index in [1.54, 1.807) is 0 Å². The van der Waals surface area contributed by atoms with Gasteiger partial charge in [0, 0.05) is 6.04 Å². The van der Waals surface area contributed by atoms with E-state index in [1.807, 2.05) is 0 Å². The number of aliphatic carboxylic acids is 1. The third-order valence-corrected chi connectivity index (χ3v) is 5.28. The minimum atomic E-state index is -0.696. The van der Waals surface area contributed by atoms with E-state index >= 15 is 0 Å². The maximum Gasteiger partial charge on any atom is 0.320 e. The van der Waals surface area contributed by atoms with Gasteiger partial charge in [0.1, 0.15) is 6.04 Å². The molecule has 2 aliphatic rings. The van der Waals surface area contributed by atoms with Crippen molar-refractivity contribution in [2.24, 2.45) is 11.8 Å². The normalized spacial score (nSPS) is 28.7. The van der Waals surface area contributed by atoms with Crippen LogP contribution in [-0.2, 0) is 17.6 Å². The Labute approximate surface area is 126 Å². The molecule has 1 aromatic rings. The van der Waals surface area contributed by atoms with Gasteiger partial charge in [-0.25, -0.2) is 0 Å². The Morgan fingerprint density at radius 1 is 1.24 bits per heavy atom. The highest BCUT2D eigenvalue weighted by Crippen LogP contribution is 2.40. The first-order valence-corrected chi connectivity index (χ1v) is 8.24. The molecule has 0 radical (unpaired) electrons. The van der Waals surface area contributed by atoms with Gasteiger partial charge in [0.05, 0.1) is 0 Å². The molecule has 3 unspecified atom stereocenters. The first-order chi connectivity index (χ1) is 10.2. The standard InChI is InChI=1S/C18H25NO2/c1-2-5-16(18(20)21)19-17-14-8-9-15(17)11-13-7-4-3-6-12(13)10-14/h3-4,6-7,14-17,19H,2,5,8-11H2,1H3,(H,20,21). The van der Waals surface area contributed by atoms with Crippen LogP contribution in [0.25, 0.3) is 0 Å². The summed E-state index contributed by atoms with van der Waals surface area (Å²) in [6.07, 6.45) is 6.29. The quantitative estimate of drug-likeness (QED) is 0.875. The summed E-state index contributed by atoms with van der Waals surface area (Å²) < 4.78 is 0. The van der Waals surface area contributed by atoms with Crippen molar-refractivity contribution in [2.45, 2.75) is 57.5 Å². The molecule has 1 fully saturated rings. The van der Waals surface area contributed by atoms with Gasteiger partial charge in [-0.15, -0.1) is 0 Å². The zero-order valence-corrected chi connectivity index (χ0v) is 12.7. The van der Waals surface area contributed by atoms with Gasteiger partial charge < -0.3 is 10.4 Å². The molecule has 0 saturated heterocycles. The number of rotatable bonds is 5. The first-order valence-electron chi connectivity index (χ1n) is 8.24. The minimum absolute atomic E-state index is 0.366. The van der Waals surface area contributed by atoms with Gasteiger partial charge in [-0.3, -0.25) is 4.79 Å². The highest BCUT2D eigenvalue weighted by molar-refractivity contribution is 5.73. The van der Waals surface area contributed by atoms with Gasteiger partial charge in [-0.05, 0) is 55.1 Å². The molecule has 2 aliphatic carbocycles. The van der Waals surface area contributed by atoms with Crippen molar-refractivity contribution in [2.75, 3.05) is 0 Å². The summed E-state index contributed by atoms with van der Waals surface area (Å²) in [7, 11) is 0. The van der Waals surface area contributed by atoms with E-state index in [9.17, 15) is 9.90 Å². The highest BCUT2D eigenvalue weighted by atomic mass is 16.4. The summed E-state index contributed by atoms with van der Waals surface area (Å²) in [4.78, 5) is 11.4. The van der Waals surface area contributed by atoms with Crippen molar-refractivity contribution in [3.8, 4) is 0 Å². The van der Waals surface area contributed by atoms with Crippen molar-refractivity contribution >= 4 is 5.97 Å². The fraction of sp³-hybridized carbons (Fsp3) is 0.611. The molecule has 0 aromatic heterocycles. The Kier molecular flexibility index (Phi) is 4.29. The third-order valence-electron chi connectivity index (χ3n) is 5.28. The second-order valence-corrected chi connectivity index (χ2v) is 6.65. The van der Waals surface area contributed by atoms with E-state index in [0.29, 0.717) is 17.9 Å². The SMILES string of the molecule is CCCC(NC1C2CCC1Cc1ccccc1C2)C(=O)O. The van der Waals surface area contributed by atoms with Crippen LogP contribution in [0, 0.1) is 11.8 Å². The molecule has 3 atom stereocenters. The Balaban J connectivity index is 1.78. The zero-order chi connectivity index (χ0) is 14.8. The second kappa shape index (κ2) is 6.18. The lowest BCUT2D eigenvalue weighted by atomic mass is 9.94. The smallest absolute Gasteiger partial charge is 0.320 e. The molecule has 3 rings (SSSR count). The summed E-state index contributed by atoms with van der Waals surface area (Å²) in [5, 5.41) is 12.9. The molecule has 21 heavy (non-hydrogen) atoms. The van der Waals surface area contributed by atoms with Crippen LogP contribution in [0.15, 0.2) is 24.3 Å². The number of benzene rings is 1. The molecule has 0 aliphatic heterocycles. The number of fused-ring (bicyclic) bond motifs is 3. The molecular weight excluding hydrogens is 262 g/mol. The summed E-state index contributed by atoms with van der Waals surface area (Å²) in [6.45, 7) is 2.05. The lowest BCUT2D eigenvalue weighted by Gasteiger charge is -2.27. The largest absolute Gasteiger partial charge is 0.480 e. The molecule has 2 N–H and O–H groups in total. The number of carbonyl (C=O) groups is 1. The predicted octanol–water partition coefficient (Wildman–Crippen LogP) is 3.02. The van der Waals surface area contributed by atoms with Gasteiger partial charge >= 0.3 is 5.97 Å². The molecule has 114 valence electrons. The van der Waals surface area contributed by atoms with Gasteiger partial charge in [0.2, 0.25) is 0 Å². The second-order valence-electron chi connectivity index (χ2n) is 6.65. The number of carboxylic acid groups (broad SMARTS) is 1. The molecule has 3 nitrogen and oxygen atoms in total. The van der Waals surface area contributed by atoms with Crippen LogP contribution in [0.4, 0.5) is 0 Å². The van der Waals surface area contributed by atoms with E-state index < -0.39 is 5.97 Å². The van der Waals surface area contributed by atoms with E-state index in [1.165, 1.54) is 24.0 Å². The van der Waals surface area contributed by atoms with Gasteiger partial charge in [-0.1, -0.05) is 37.6 Å². The zero-order valence-electron chi connectivity index (χ0n) is 12.7. The van der Waals surface area contributed by atoms with Crippen LogP contribution < -0.4 is 5.32 Å². The summed E-state index contributed by atoms with van der Waals surface area (Å²) in [5.74, 6) is 0.493. The van der Waals surface area contributed by atoms with Crippen molar-refractivity contribution in [3.05, 3.63) is 35.4 Å². The van der Waals surface area contributed by atoms with Crippen LogP contribution in [0.3, 0.4) is 0 Å². The molecule has 0 amide bonds. The maximum absolute atomic E-state index is 11.4. The number of hydrogen-bond donors (Lipinski definition) is 2. The fourth-order valence-electron chi connectivity index (χ4n) is 4.22. The van der Waals surface area contributed by atoms with E-state index in [4.69, 9.17) is 0 Å². The Morgan fingerprint density at radius 3 is 2.29 bits per heavy atom. The predicted molar refractivity (Wildman–Crippen MR) is 83.3 cm³/mol. The van der Waals surface area contributed by atoms with Crippen LogP contribution in [0.5, 0.6) is 0 Å². The summed E-state index contributed by atoms with van der Waals surface area (Å²) >= 11 is 0. The van der Waals surface area contributed by atoms with Crippen LogP contribution in [0.1, 0.15) is 43.7 Å². The van der Waals surface area contributed by atoms with Crippen LogP contribution in [-0.4, -0.2) is 23.2 Å². The maximum atomic E-state index is 11.4. The van der Waals surface area contributed by atoms with E-state index in [2.05, 4.69) is 36.5 Å². The van der Waals surface area contributed by atoms with Crippen LogP contribution >= 0.6 is 0 Å². The fourth-order valence-corrected chi connectivity index (χ4v) is 4.22. The topological polar surface area (TPSA) is 49.3 Å². The van der Waals surface area contributed by atoms with Gasteiger partial charge in [-0.2, -0.15) is 0 Å². The number of nitrogens with one attached hydrogen (secondary N) is 1. The molecule has 0 heterocycles. The van der Waals surface area contributed by atoms with Gasteiger partial charge in [0.15, 0.2) is 0 Å². The molecule has 3 heteroatoms. The highest BCUT2D eigenvalue weighted by Gasteiger charge is 2.40. The minimum Gasteiger partial charge on any atom is -0.480 e. The monoisotopic (exact) mass is 287 g/mol. The summed E-state index contributed by atoms with van der Waals surface area (Å²) in [5.41, 5.74) is 2.94. The molecule has 0 spiro atoms. The van der Waals surface area contributed by atoms with Crippen molar-refractivity contribution in [3.63, 3.8) is 0 Å². The number of hydrogen-bond acceptors (Lipinski definition) is 2. The lowest BCUT2D eigenvalue weighted by molar-refractivity contribution is -0.140. The lowest BCUT2D eigenvalue weighted by Crippen LogP contribution is -2.47. The third kappa shape index (κ3) is 2.98. The average Bonchev–Trinajstić information content (AvgIpc) is 2.73. The van der Waals surface area contributed by atoms with Crippen molar-refractivity contribution in [1.29, 1.82) is 0 Å². The summed E-state index contributed by atoms with van der Waals surface area (Å²) in [6, 6.07) is 8.71. The molecular formula is C18H25NO2. The van der Waals surface area contributed by atoms with E-state index in [0.717, 1.165) is 25.7 Å². The Bertz CT molecular complexity index is 481. The van der Waals surface area contributed by atoms with E-state index in [-0.39, 0.29) is 6.04 Å². The first kappa shape index (κ1) is 14.6. The molecule has 1 saturated carbocycles. The van der Waals surface area contributed by atoms with Gasteiger partial charge in [0.25, 0.3) is 0 Å². The Morgan fingerprint density at radius 2 is 1.81 bits per heavy atom. The van der Waals surface area contributed by atoms with Crippen LogP contribution in [0.2, 0.25) is 0 Å². The Hall–Kier alpha value is -1.35. The van der Waals surface area contributed by atoms with Crippen molar-refractivity contribution in [1.82, 2.24) is 5.32 Å². The molecule has 1 aromatic carbocycles. The average molecular weight is 287 g/mol. The molecule has 2 bridgehead atoms. The van der Waals surface area contributed by atoms with Crippen molar-refractivity contribution < 1.29 is 9.90 Å².